The third-order valence-electron chi connectivity index (χ3n) is 3.11. The Hall–Kier alpha value is -2.96. The summed E-state index contributed by atoms with van der Waals surface area (Å²) in [5.41, 5.74) is 7.86. The van der Waals surface area contributed by atoms with Gasteiger partial charge in [0.15, 0.2) is 5.82 Å². The first-order valence-electron chi connectivity index (χ1n) is 6.42. The van der Waals surface area contributed by atoms with Crippen molar-refractivity contribution in [1.29, 1.82) is 0 Å². The number of benzene rings is 1. The number of nitrogens with two attached hydrogens (primary N) is 1. The van der Waals surface area contributed by atoms with Crippen molar-refractivity contribution in [2.75, 3.05) is 5.73 Å². The van der Waals surface area contributed by atoms with Crippen LogP contribution in [-0.4, -0.2) is 24.5 Å². The Kier molecular flexibility index (Phi) is 3.23. The largest absolute Gasteiger partial charge is 0.382 e. The smallest absolute Gasteiger partial charge is 0.349 e. The van der Waals surface area contributed by atoms with Crippen LogP contribution < -0.4 is 11.4 Å². The van der Waals surface area contributed by atoms with Gasteiger partial charge in [-0.25, -0.2) is 9.48 Å². The molecule has 3 rings (SSSR count). The van der Waals surface area contributed by atoms with Crippen LogP contribution in [0.15, 0.2) is 47.5 Å². The Balaban J connectivity index is 1.92. The quantitative estimate of drug-likeness (QED) is 0.756. The van der Waals surface area contributed by atoms with Crippen molar-refractivity contribution in [3.63, 3.8) is 0 Å². The van der Waals surface area contributed by atoms with E-state index in [1.807, 2.05) is 30.3 Å². The van der Waals surface area contributed by atoms with Gasteiger partial charge in [-0.3, -0.25) is 4.57 Å². The Labute approximate surface area is 120 Å². The van der Waals surface area contributed by atoms with E-state index in [1.165, 1.54) is 9.25 Å². The highest BCUT2D eigenvalue weighted by Crippen LogP contribution is 2.12. The van der Waals surface area contributed by atoms with Crippen LogP contribution in [0.4, 0.5) is 5.82 Å². The summed E-state index contributed by atoms with van der Waals surface area (Å²) < 4.78 is 2.88. The number of rotatable bonds is 3. The Bertz CT molecular complexity index is 821. The fourth-order valence-corrected chi connectivity index (χ4v) is 2.02. The van der Waals surface area contributed by atoms with Gasteiger partial charge in [-0.1, -0.05) is 35.5 Å². The predicted octanol–water partition coefficient (Wildman–Crippen LogP) is 0.534. The molecule has 0 atom stereocenters. The molecule has 0 saturated carbocycles. The van der Waals surface area contributed by atoms with Crippen molar-refractivity contribution in [3.05, 3.63) is 64.5 Å². The average molecular weight is 282 g/mol. The second-order valence-corrected chi connectivity index (χ2v) is 4.72. The molecule has 1 aromatic carbocycles. The minimum Gasteiger partial charge on any atom is -0.382 e. The van der Waals surface area contributed by atoms with Gasteiger partial charge < -0.3 is 5.73 Å². The third kappa shape index (κ3) is 2.66. The standard InChI is InChI=1S/C14H14N6O/c1-19-9-12(13(15)16-14(19)21)20-8-11(17-18-20)7-10-5-3-2-4-6-10/h2-6,8-9H,7H2,1H3,(H2,15,16,21). The zero-order valence-corrected chi connectivity index (χ0v) is 11.5. The molecule has 0 amide bonds. The minimum atomic E-state index is -0.402. The molecule has 7 heteroatoms. The first-order valence-corrected chi connectivity index (χ1v) is 6.42. The van der Waals surface area contributed by atoms with Crippen LogP contribution in [0.1, 0.15) is 11.3 Å². The SMILES string of the molecule is Cn1cc(-n2cc(Cc3ccccc3)nn2)c(N)nc1=O. The van der Waals surface area contributed by atoms with Gasteiger partial charge in [0.2, 0.25) is 0 Å². The number of nitrogens with zero attached hydrogens (tertiary/aromatic N) is 5. The molecule has 0 aliphatic carbocycles. The molecule has 7 nitrogen and oxygen atoms in total. The van der Waals surface area contributed by atoms with Crippen LogP contribution in [-0.2, 0) is 13.5 Å². The van der Waals surface area contributed by atoms with Crippen molar-refractivity contribution in [2.45, 2.75) is 6.42 Å². The summed E-state index contributed by atoms with van der Waals surface area (Å²) in [6.07, 6.45) is 4.05. The van der Waals surface area contributed by atoms with Gasteiger partial charge in [-0.2, -0.15) is 4.98 Å². The van der Waals surface area contributed by atoms with E-state index < -0.39 is 5.69 Å². The number of aryl methyl sites for hydroxylation is 1. The zero-order valence-electron chi connectivity index (χ0n) is 11.5. The van der Waals surface area contributed by atoms with Crippen molar-refractivity contribution in [1.82, 2.24) is 24.5 Å². The number of hydrogen-bond acceptors (Lipinski definition) is 5. The highest BCUT2D eigenvalue weighted by atomic mass is 16.1. The van der Waals surface area contributed by atoms with E-state index in [0.29, 0.717) is 12.1 Å². The zero-order chi connectivity index (χ0) is 14.8. The molecular weight excluding hydrogens is 268 g/mol. The average Bonchev–Trinajstić information content (AvgIpc) is 2.92. The van der Waals surface area contributed by atoms with E-state index in [1.54, 1.807) is 19.4 Å². The summed E-state index contributed by atoms with van der Waals surface area (Å²) in [5, 5.41) is 8.17. The monoisotopic (exact) mass is 282 g/mol. The first-order chi connectivity index (χ1) is 10.1. The molecule has 2 aromatic heterocycles. The molecule has 0 fully saturated rings. The van der Waals surface area contributed by atoms with Gasteiger partial charge in [0.25, 0.3) is 0 Å². The number of hydrogen-bond donors (Lipinski definition) is 1. The molecule has 2 heterocycles. The lowest BCUT2D eigenvalue weighted by atomic mass is 10.1. The number of aromatic nitrogens is 5. The van der Waals surface area contributed by atoms with Crippen LogP contribution >= 0.6 is 0 Å². The number of anilines is 1. The molecule has 21 heavy (non-hydrogen) atoms. The molecule has 0 radical (unpaired) electrons. The van der Waals surface area contributed by atoms with Crippen molar-refractivity contribution in [3.8, 4) is 5.69 Å². The maximum absolute atomic E-state index is 11.4. The highest BCUT2D eigenvalue weighted by molar-refractivity contribution is 5.49. The minimum absolute atomic E-state index is 0.134. The summed E-state index contributed by atoms with van der Waals surface area (Å²) in [4.78, 5) is 15.1. The van der Waals surface area contributed by atoms with E-state index in [9.17, 15) is 4.79 Å². The van der Waals surface area contributed by atoms with Gasteiger partial charge in [0.1, 0.15) is 5.69 Å². The molecule has 2 N–H and O–H groups in total. The van der Waals surface area contributed by atoms with Gasteiger partial charge in [0.05, 0.1) is 11.9 Å². The fraction of sp³-hybridized carbons (Fsp3) is 0.143. The molecular formula is C14H14N6O. The molecule has 106 valence electrons. The maximum Gasteiger partial charge on any atom is 0.349 e. The summed E-state index contributed by atoms with van der Waals surface area (Å²) >= 11 is 0. The van der Waals surface area contributed by atoms with Crippen molar-refractivity contribution < 1.29 is 0 Å². The van der Waals surface area contributed by atoms with Crippen LogP contribution in [0.3, 0.4) is 0 Å². The van der Waals surface area contributed by atoms with Gasteiger partial charge in [-0.05, 0) is 5.56 Å². The third-order valence-corrected chi connectivity index (χ3v) is 3.11. The highest BCUT2D eigenvalue weighted by Gasteiger charge is 2.09. The normalized spacial score (nSPS) is 10.7. The van der Waals surface area contributed by atoms with Gasteiger partial charge in [-0.15, -0.1) is 5.10 Å². The maximum atomic E-state index is 11.4. The predicted molar refractivity (Wildman–Crippen MR) is 78.1 cm³/mol. The topological polar surface area (TPSA) is 91.6 Å². The van der Waals surface area contributed by atoms with E-state index >= 15 is 0 Å². The number of nitrogen functional groups attached to an aromatic ring is 1. The lowest BCUT2D eigenvalue weighted by Gasteiger charge is -2.05. The van der Waals surface area contributed by atoms with E-state index in [0.717, 1.165) is 11.3 Å². The molecule has 0 saturated heterocycles. The first kappa shape index (κ1) is 13.0. The lowest BCUT2D eigenvalue weighted by molar-refractivity contribution is 0.753. The Morgan fingerprint density at radius 2 is 1.95 bits per heavy atom. The molecule has 0 aliphatic heterocycles. The van der Waals surface area contributed by atoms with E-state index in [-0.39, 0.29) is 5.82 Å². The summed E-state index contributed by atoms with van der Waals surface area (Å²) in [7, 11) is 1.61. The molecule has 0 aliphatic rings. The summed E-state index contributed by atoms with van der Waals surface area (Å²) in [6.45, 7) is 0. The molecule has 0 unspecified atom stereocenters. The van der Waals surface area contributed by atoms with E-state index in [2.05, 4.69) is 15.3 Å². The fourth-order valence-electron chi connectivity index (χ4n) is 2.02. The van der Waals surface area contributed by atoms with Crippen LogP contribution in [0.5, 0.6) is 0 Å². The molecule has 3 aromatic rings. The van der Waals surface area contributed by atoms with Crippen LogP contribution in [0.2, 0.25) is 0 Å². The molecule has 0 bridgehead atoms. The van der Waals surface area contributed by atoms with Crippen LogP contribution in [0.25, 0.3) is 5.69 Å². The molecule has 0 spiro atoms. The Morgan fingerprint density at radius 3 is 2.71 bits per heavy atom. The van der Waals surface area contributed by atoms with Crippen molar-refractivity contribution >= 4 is 5.82 Å². The Morgan fingerprint density at radius 1 is 1.19 bits per heavy atom. The lowest BCUT2D eigenvalue weighted by Crippen LogP contribution is -2.22. The summed E-state index contributed by atoms with van der Waals surface area (Å²) in [6, 6.07) is 9.99. The van der Waals surface area contributed by atoms with Crippen LogP contribution in [0, 0.1) is 0 Å². The van der Waals surface area contributed by atoms with E-state index in [4.69, 9.17) is 5.73 Å². The van der Waals surface area contributed by atoms with Gasteiger partial charge in [0, 0.05) is 19.7 Å². The van der Waals surface area contributed by atoms with Crippen molar-refractivity contribution in [2.24, 2.45) is 7.05 Å². The second kappa shape index (κ2) is 5.20. The second-order valence-electron chi connectivity index (χ2n) is 4.72. The van der Waals surface area contributed by atoms with Gasteiger partial charge >= 0.3 is 5.69 Å². The summed E-state index contributed by atoms with van der Waals surface area (Å²) in [5.74, 6) is 0.134.